The predicted octanol–water partition coefficient (Wildman–Crippen LogP) is 2.81. The number of carbonyl (C=O) groups excluding carboxylic acids is 2. The number of esters is 1. The molecule has 0 aliphatic carbocycles. The van der Waals surface area contributed by atoms with Crippen LogP contribution in [0.25, 0.3) is 0 Å². The Bertz CT molecular complexity index is 718. The van der Waals surface area contributed by atoms with Crippen molar-refractivity contribution in [1.29, 1.82) is 0 Å². The Morgan fingerprint density at radius 1 is 1.04 bits per heavy atom. The summed E-state index contributed by atoms with van der Waals surface area (Å²) in [6, 6.07) is 12.4. The van der Waals surface area contributed by atoms with E-state index in [0.29, 0.717) is 11.3 Å². The summed E-state index contributed by atoms with van der Waals surface area (Å²) in [5, 5.41) is 2.56. The van der Waals surface area contributed by atoms with Gasteiger partial charge >= 0.3 is 5.97 Å². The first-order chi connectivity index (χ1) is 11.6. The number of rotatable bonds is 7. The van der Waals surface area contributed by atoms with E-state index in [2.05, 4.69) is 5.32 Å². The highest BCUT2D eigenvalue weighted by atomic mass is 19.1. The van der Waals surface area contributed by atoms with Crippen molar-refractivity contribution in [3.05, 3.63) is 65.5 Å². The Morgan fingerprint density at radius 2 is 1.71 bits per heavy atom. The van der Waals surface area contributed by atoms with Gasteiger partial charge in [-0.25, -0.2) is 9.18 Å². The fourth-order valence-electron chi connectivity index (χ4n) is 2.04. The van der Waals surface area contributed by atoms with E-state index in [1.807, 2.05) is 0 Å². The first-order valence-corrected chi connectivity index (χ1v) is 7.55. The molecule has 1 N–H and O–H groups in total. The molecule has 0 saturated heterocycles. The molecule has 2 aromatic carbocycles. The molecule has 0 aromatic heterocycles. The number of ether oxygens (including phenoxy) is 2. The number of amides is 1. The zero-order chi connectivity index (χ0) is 17.4. The number of hydrogen-bond acceptors (Lipinski definition) is 4. The average molecular weight is 331 g/mol. The predicted molar refractivity (Wildman–Crippen MR) is 86.6 cm³/mol. The minimum Gasteiger partial charge on any atom is -0.491 e. The van der Waals surface area contributed by atoms with Crippen LogP contribution >= 0.6 is 0 Å². The van der Waals surface area contributed by atoms with E-state index in [0.717, 1.165) is 0 Å². The van der Waals surface area contributed by atoms with Crippen LogP contribution in [0.4, 0.5) is 4.39 Å². The minimum atomic E-state index is -0.580. The molecule has 0 saturated carbocycles. The molecule has 0 aliphatic rings. The maximum Gasteiger partial charge on any atom is 0.341 e. The van der Waals surface area contributed by atoms with Crippen LogP contribution < -0.4 is 10.1 Å². The van der Waals surface area contributed by atoms with Gasteiger partial charge in [-0.3, -0.25) is 4.79 Å². The molecule has 0 unspecified atom stereocenters. The summed E-state index contributed by atoms with van der Waals surface area (Å²) in [7, 11) is 0. The van der Waals surface area contributed by atoms with E-state index in [1.165, 1.54) is 18.2 Å². The lowest BCUT2D eigenvalue weighted by Gasteiger charge is -2.11. The summed E-state index contributed by atoms with van der Waals surface area (Å²) >= 11 is 0. The van der Waals surface area contributed by atoms with Gasteiger partial charge in [0.2, 0.25) is 0 Å². The van der Waals surface area contributed by atoms with E-state index in [-0.39, 0.29) is 25.3 Å². The van der Waals surface area contributed by atoms with Crippen LogP contribution in [0.2, 0.25) is 0 Å². The normalized spacial score (nSPS) is 10.1. The van der Waals surface area contributed by atoms with Crippen LogP contribution in [0.3, 0.4) is 0 Å². The molecule has 1 amide bonds. The van der Waals surface area contributed by atoms with E-state index < -0.39 is 17.7 Å². The van der Waals surface area contributed by atoms with Crippen LogP contribution in [0, 0.1) is 5.82 Å². The lowest BCUT2D eigenvalue weighted by molar-refractivity contribution is 0.0521. The van der Waals surface area contributed by atoms with Crippen molar-refractivity contribution >= 4 is 11.9 Å². The Balaban J connectivity index is 1.88. The number of nitrogens with one attached hydrogen (secondary N) is 1. The molecular weight excluding hydrogens is 313 g/mol. The van der Waals surface area contributed by atoms with E-state index in [1.54, 1.807) is 37.3 Å². The Morgan fingerprint density at radius 3 is 2.42 bits per heavy atom. The second kappa shape index (κ2) is 8.67. The summed E-state index contributed by atoms with van der Waals surface area (Å²) in [6.07, 6.45) is 0. The van der Waals surface area contributed by atoms with Crippen molar-refractivity contribution in [2.75, 3.05) is 19.8 Å². The number of para-hydroxylation sites is 1. The molecule has 0 fully saturated rings. The standard InChI is InChI=1S/C18H18FNO4/c1-2-23-18(22)14-8-4-6-10-16(14)24-12-11-20-17(21)13-7-3-5-9-15(13)19/h3-10H,2,11-12H2,1H3,(H,20,21). The minimum absolute atomic E-state index is 0.0237. The van der Waals surface area contributed by atoms with Gasteiger partial charge in [-0.2, -0.15) is 0 Å². The van der Waals surface area contributed by atoms with Gasteiger partial charge in [-0.05, 0) is 31.2 Å². The molecule has 0 aliphatic heterocycles. The van der Waals surface area contributed by atoms with Crippen molar-refractivity contribution in [1.82, 2.24) is 5.32 Å². The molecule has 0 atom stereocenters. The van der Waals surface area contributed by atoms with Crippen LogP contribution in [0.15, 0.2) is 48.5 Å². The van der Waals surface area contributed by atoms with Crippen molar-refractivity contribution in [3.8, 4) is 5.75 Å². The van der Waals surface area contributed by atoms with Crippen LogP contribution in [-0.2, 0) is 4.74 Å². The second-order valence-corrected chi connectivity index (χ2v) is 4.80. The zero-order valence-electron chi connectivity index (χ0n) is 13.3. The number of hydrogen-bond donors (Lipinski definition) is 1. The van der Waals surface area contributed by atoms with Gasteiger partial charge in [0.25, 0.3) is 5.91 Å². The summed E-state index contributed by atoms with van der Waals surface area (Å²) in [6.45, 7) is 2.30. The topological polar surface area (TPSA) is 64.6 Å². The van der Waals surface area contributed by atoms with Crippen LogP contribution in [-0.4, -0.2) is 31.6 Å². The largest absolute Gasteiger partial charge is 0.491 e. The molecule has 0 heterocycles. The third-order valence-corrected chi connectivity index (χ3v) is 3.15. The molecular formula is C18H18FNO4. The molecule has 5 nitrogen and oxygen atoms in total. The molecule has 6 heteroatoms. The quantitative estimate of drug-likeness (QED) is 0.626. The average Bonchev–Trinajstić information content (AvgIpc) is 2.59. The summed E-state index contributed by atoms with van der Waals surface area (Å²) in [4.78, 5) is 23.7. The van der Waals surface area contributed by atoms with Crippen molar-refractivity contribution in [3.63, 3.8) is 0 Å². The Kier molecular flexibility index (Phi) is 6.31. The first kappa shape index (κ1) is 17.5. The van der Waals surface area contributed by atoms with Crippen LogP contribution in [0.5, 0.6) is 5.75 Å². The Labute approximate surface area is 139 Å². The molecule has 0 spiro atoms. The van der Waals surface area contributed by atoms with Gasteiger partial charge in [0, 0.05) is 0 Å². The smallest absolute Gasteiger partial charge is 0.341 e. The Hall–Kier alpha value is -2.89. The summed E-state index contributed by atoms with van der Waals surface area (Å²) in [5.74, 6) is -1.20. The fraction of sp³-hybridized carbons (Fsp3) is 0.222. The van der Waals surface area contributed by atoms with Crippen LogP contribution in [0.1, 0.15) is 27.6 Å². The van der Waals surface area contributed by atoms with E-state index >= 15 is 0 Å². The van der Waals surface area contributed by atoms with Gasteiger partial charge in [0.05, 0.1) is 18.7 Å². The molecule has 126 valence electrons. The highest BCUT2D eigenvalue weighted by molar-refractivity contribution is 5.94. The lowest BCUT2D eigenvalue weighted by atomic mass is 10.2. The zero-order valence-corrected chi connectivity index (χ0v) is 13.3. The molecule has 0 bridgehead atoms. The summed E-state index contributed by atoms with van der Waals surface area (Å²) < 4.78 is 24.0. The highest BCUT2D eigenvalue weighted by Crippen LogP contribution is 2.18. The lowest BCUT2D eigenvalue weighted by Crippen LogP contribution is -2.29. The molecule has 0 radical (unpaired) electrons. The van der Waals surface area contributed by atoms with Gasteiger partial charge in [0.1, 0.15) is 23.7 Å². The van der Waals surface area contributed by atoms with E-state index in [4.69, 9.17) is 9.47 Å². The van der Waals surface area contributed by atoms with Gasteiger partial charge in [-0.15, -0.1) is 0 Å². The third kappa shape index (κ3) is 4.55. The molecule has 2 aromatic rings. The van der Waals surface area contributed by atoms with Gasteiger partial charge < -0.3 is 14.8 Å². The van der Waals surface area contributed by atoms with Gasteiger partial charge in [0.15, 0.2) is 0 Å². The van der Waals surface area contributed by atoms with E-state index in [9.17, 15) is 14.0 Å². The molecule has 2 rings (SSSR count). The van der Waals surface area contributed by atoms with Crippen molar-refractivity contribution in [2.24, 2.45) is 0 Å². The third-order valence-electron chi connectivity index (χ3n) is 3.15. The maximum atomic E-state index is 13.5. The highest BCUT2D eigenvalue weighted by Gasteiger charge is 2.13. The van der Waals surface area contributed by atoms with Crippen molar-refractivity contribution in [2.45, 2.75) is 6.92 Å². The maximum absolute atomic E-state index is 13.5. The SMILES string of the molecule is CCOC(=O)c1ccccc1OCCNC(=O)c1ccccc1F. The number of halogens is 1. The fourth-order valence-corrected chi connectivity index (χ4v) is 2.04. The second-order valence-electron chi connectivity index (χ2n) is 4.80. The van der Waals surface area contributed by atoms with Gasteiger partial charge in [-0.1, -0.05) is 24.3 Å². The summed E-state index contributed by atoms with van der Waals surface area (Å²) in [5.41, 5.74) is 0.296. The first-order valence-electron chi connectivity index (χ1n) is 7.55. The monoisotopic (exact) mass is 331 g/mol. The van der Waals surface area contributed by atoms with Crippen molar-refractivity contribution < 1.29 is 23.5 Å². The molecule has 24 heavy (non-hydrogen) atoms. The number of benzene rings is 2. The number of carbonyl (C=O) groups is 2.